The number of rotatable bonds is 7. The number of ether oxygens (including phenoxy) is 1. The summed E-state index contributed by atoms with van der Waals surface area (Å²) in [5.74, 6) is 0.288. The van der Waals surface area contributed by atoms with E-state index in [1.807, 2.05) is 13.8 Å². The summed E-state index contributed by atoms with van der Waals surface area (Å²) in [5.41, 5.74) is 0.0194. The van der Waals surface area contributed by atoms with Gasteiger partial charge in [0.15, 0.2) is 6.61 Å². The molecule has 1 heterocycles. The summed E-state index contributed by atoms with van der Waals surface area (Å²) < 4.78 is 10.5. The van der Waals surface area contributed by atoms with E-state index in [0.29, 0.717) is 17.9 Å². The van der Waals surface area contributed by atoms with Crippen molar-refractivity contribution in [3.63, 3.8) is 0 Å². The Morgan fingerprint density at radius 2 is 2.09 bits per heavy atom. The number of hydrogen-bond acceptors (Lipinski definition) is 5. The molecule has 118 valence electrons. The third kappa shape index (κ3) is 4.60. The van der Waals surface area contributed by atoms with E-state index >= 15 is 0 Å². The van der Waals surface area contributed by atoms with Gasteiger partial charge in [-0.15, -0.1) is 0 Å². The average molecular weight is 304 g/mol. The van der Waals surface area contributed by atoms with Crippen LogP contribution in [0.1, 0.15) is 13.8 Å². The molecule has 2 rings (SSSR count). The first-order valence-electron chi connectivity index (χ1n) is 7.25. The zero-order valence-corrected chi connectivity index (χ0v) is 12.7. The van der Waals surface area contributed by atoms with Crippen molar-refractivity contribution in [3.8, 4) is 5.75 Å². The molecule has 0 spiro atoms. The van der Waals surface area contributed by atoms with Gasteiger partial charge in [0, 0.05) is 30.1 Å². The molecule has 0 bridgehead atoms. The number of amides is 1. The molecule has 6 nitrogen and oxygen atoms in total. The molecule has 0 saturated carbocycles. The van der Waals surface area contributed by atoms with Crippen LogP contribution < -0.4 is 21.0 Å². The Labute approximate surface area is 128 Å². The second-order valence-electron chi connectivity index (χ2n) is 5.01. The molecule has 0 aliphatic rings. The number of benzene rings is 1. The maximum Gasteiger partial charge on any atom is 0.336 e. The van der Waals surface area contributed by atoms with E-state index in [1.165, 1.54) is 6.07 Å². The maximum absolute atomic E-state index is 11.7. The van der Waals surface area contributed by atoms with Crippen molar-refractivity contribution >= 4 is 16.9 Å². The molecule has 6 heteroatoms. The van der Waals surface area contributed by atoms with E-state index in [1.54, 1.807) is 24.3 Å². The predicted molar refractivity (Wildman–Crippen MR) is 84.1 cm³/mol. The van der Waals surface area contributed by atoms with Crippen LogP contribution in [0.25, 0.3) is 11.0 Å². The minimum atomic E-state index is -0.417. The SMILES string of the molecule is CCN[C@H](C)CNC(=O)COc1ccc2ccc(=O)oc2c1. The van der Waals surface area contributed by atoms with Gasteiger partial charge >= 0.3 is 5.63 Å². The summed E-state index contributed by atoms with van der Waals surface area (Å²) in [4.78, 5) is 22.9. The normalized spacial score (nSPS) is 12.1. The van der Waals surface area contributed by atoms with Gasteiger partial charge in [-0.2, -0.15) is 0 Å². The van der Waals surface area contributed by atoms with Crippen LogP contribution in [0.5, 0.6) is 5.75 Å². The summed E-state index contributed by atoms with van der Waals surface area (Å²) in [6.45, 7) is 5.33. The van der Waals surface area contributed by atoms with E-state index in [4.69, 9.17) is 9.15 Å². The Kier molecular flexibility index (Phi) is 5.55. The highest BCUT2D eigenvalue weighted by molar-refractivity contribution is 5.79. The van der Waals surface area contributed by atoms with Crippen LogP contribution in [0.15, 0.2) is 39.5 Å². The first-order valence-corrected chi connectivity index (χ1v) is 7.25. The van der Waals surface area contributed by atoms with Crippen LogP contribution in [0.3, 0.4) is 0 Å². The molecule has 0 saturated heterocycles. The lowest BCUT2D eigenvalue weighted by molar-refractivity contribution is -0.123. The van der Waals surface area contributed by atoms with E-state index in [0.717, 1.165) is 11.9 Å². The highest BCUT2D eigenvalue weighted by atomic mass is 16.5. The van der Waals surface area contributed by atoms with Gasteiger partial charge in [0.2, 0.25) is 0 Å². The van der Waals surface area contributed by atoms with Crippen molar-refractivity contribution in [2.45, 2.75) is 19.9 Å². The largest absolute Gasteiger partial charge is 0.484 e. The molecule has 1 atom stereocenters. The Hall–Kier alpha value is -2.34. The predicted octanol–water partition coefficient (Wildman–Crippen LogP) is 1.29. The third-order valence-corrected chi connectivity index (χ3v) is 3.12. The lowest BCUT2D eigenvalue weighted by Crippen LogP contribution is -2.40. The van der Waals surface area contributed by atoms with Crippen LogP contribution in [-0.2, 0) is 4.79 Å². The van der Waals surface area contributed by atoms with Crippen LogP contribution in [0, 0.1) is 0 Å². The molecular formula is C16H20N2O4. The van der Waals surface area contributed by atoms with Gasteiger partial charge in [-0.3, -0.25) is 4.79 Å². The summed E-state index contributed by atoms with van der Waals surface area (Å²) in [6, 6.07) is 8.37. The van der Waals surface area contributed by atoms with Crippen molar-refractivity contribution in [1.29, 1.82) is 0 Å². The van der Waals surface area contributed by atoms with E-state index < -0.39 is 5.63 Å². The summed E-state index contributed by atoms with van der Waals surface area (Å²) in [5, 5.41) is 6.79. The first kappa shape index (κ1) is 16.0. The molecular weight excluding hydrogens is 284 g/mol. The summed E-state index contributed by atoms with van der Waals surface area (Å²) >= 11 is 0. The molecule has 0 radical (unpaired) electrons. The second kappa shape index (κ2) is 7.61. The number of likely N-dealkylation sites (N-methyl/N-ethyl adjacent to an activating group) is 1. The lowest BCUT2D eigenvalue weighted by Gasteiger charge is -2.13. The molecule has 0 aliphatic carbocycles. The number of hydrogen-bond donors (Lipinski definition) is 2. The van der Waals surface area contributed by atoms with Crippen LogP contribution in [-0.4, -0.2) is 31.6 Å². The van der Waals surface area contributed by atoms with Gasteiger partial charge in [-0.25, -0.2) is 4.79 Å². The molecule has 1 aromatic heterocycles. The molecule has 22 heavy (non-hydrogen) atoms. The smallest absolute Gasteiger partial charge is 0.336 e. The fraction of sp³-hybridized carbons (Fsp3) is 0.375. The van der Waals surface area contributed by atoms with Crippen molar-refractivity contribution in [3.05, 3.63) is 40.8 Å². The second-order valence-corrected chi connectivity index (χ2v) is 5.01. The van der Waals surface area contributed by atoms with Gasteiger partial charge in [0.25, 0.3) is 5.91 Å². The lowest BCUT2D eigenvalue weighted by atomic mass is 10.2. The molecule has 0 aliphatic heterocycles. The number of carbonyl (C=O) groups excluding carboxylic acids is 1. The molecule has 1 amide bonds. The zero-order chi connectivity index (χ0) is 15.9. The van der Waals surface area contributed by atoms with E-state index in [2.05, 4.69) is 10.6 Å². The first-order chi connectivity index (χ1) is 10.6. The maximum atomic E-state index is 11.7. The van der Waals surface area contributed by atoms with Crippen molar-refractivity contribution in [1.82, 2.24) is 10.6 Å². The topological polar surface area (TPSA) is 80.6 Å². The quantitative estimate of drug-likeness (QED) is 0.753. The minimum absolute atomic E-state index is 0.0819. The Balaban J connectivity index is 1.88. The van der Waals surface area contributed by atoms with Gasteiger partial charge in [0.05, 0.1) is 0 Å². The molecule has 0 fully saturated rings. The monoisotopic (exact) mass is 304 g/mol. The van der Waals surface area contributed by atoms with E-state index in [-0.39, 0.29) is 18.6 Å². The number of carbonyl (C=O) groups is 1. The van der Waals surface area contributed by atoms with Gasteiger partial charge in [-0.05, 0) is 31.7 Å². The average Bonchev–Trinajstić information content (AvgIpc) is 2.50. The highest BCUT2D eigenvalue weighted by Crippen LogP contribution is 2.19. The van der Waals surface area contributed by atoms with Crippen molar-refractivity contribution in [2.75, 3.05) is 19.7 Å². The third-order valence-electron chi connectivity index (χ3n) is 3.12. The minimum Gasteiger partial charge on any atom is -0.484 e. The molecule has 0 unspecified atom stereocenters. The fourth-order valence-corrected chi connectivity index (χ4v) is 2.02. The number of nitrogens with one attached hydrogen (secondary N) is 2. The van der Waals surface area contributed by atoms with Gasteiger partial charge in [0.1, 0.15) is 11.3 Å². The molecule has 2 N–H and O–H groups in total. The van der Waals surface area contributed by atoms with E-state index in [9.17, 15) is 9.59 Å². The Morgan fingerprint density at radius 1 is 1.32 bits per heavy atom. The number of fused-ring (bicyclic) bond motifs is 1. The molecule has 1 aromatic carbocycles. The Bertz CT molecular complexity index is 696. The Morgan fingerprint density at radius 3 is 2.86 bits per heavy atom. The summed E-state index contributed by atoms with van der Waals surface area (Å²) in [6.07, 6.45) is 0. The standard InChI is InChI=1S/C16H20N2O4/c1-3-17-11(2)9-18-15(19)10-21-13-6-4-12-5-7-16(20)22-14(12)8-13/h4-8,11,17H,3,9-10H2,1-2H3,(H,18,19)/t11-/m1/s1. The summed E-state index contributed by atoms with van der Waals surface area (Å²) in [7, 11) is 0. The fourth-order valence-electron chi connectivity index (χ4n) is 2.02. The van der Waals surface area contributed by atoms with Crippen molar-refractivity contribution < 1.29 is 13.9 Å². The molecule has 2 aromatic rings. The van der Waals surface area contributed by atoms with Crippen LogP contribution in [0.4, 0.5) is 0 Å². The van der Waals surface area contributed by atoms with Crippen LogP contribution in [0.2, 0.25) is 0 Å². The van der Waals surface area contributed by atoms with Crippen LogP contribution >= 0.6 is 0 Å². The zero-order valence-electron chi connectivity index (χ0n) is 12.7. The van der Waals surface area contributed by atoms with Gasteiger partial charge < -0.3 is 19.8 Å². The van der Waals surface area contributed by atoms with Gasteiger partial charge in [-0.1, -0.05) is 6.92 Å². The highest BCUT2D eigenvalue weighted by Gasteiger charge is 2.06. The van der Waals surface area contributed by atoms with Crippen molar-refractivity contribution in [2.24, 2.45) is 0 Å².